The van der Waals surface area contributed by atoms with Crippen LogP contribution < -0.4 is 4.74 Å². The molecule has 14 heavy (non-hydrogen) atoms. The first kappa shape index (κ1) is 9.61. The van der Waals surface area contributed by atoms with Crippen LogP contribution in [0.15, 0.2) is 22.7 Å². The second-order valence-corrected chi connectivity index (χ2v) is 4.39. The van der Waals surface area contributed by atoms with E-state index in [0.717, 1.165) is 28.3 Å². The van der Waals surface area contributed by atoms with E-state index in [9.17, 15) is 0 Å². The van der Waals surface area contributed by atoms with E-state index < -0.39 is 0 Å². The van der Waals surface area contributed by atoms with Gasteiger partial charge in [-0.15, -0.1) is 6.42 Å². The van der Waals surface area contributed by atoms with Gasteiger partial charge in [-0.05, 0) is 52.9 Å². The molecule has 2 rings (SSSR count). The molecule has 1 aliphatic carbocycles. The monoisotopic (exact) mass is 250 g/mol. The molecule has 1 aromatic rings. The maximum absolute atomic E-state index is 5.61. The third kappa shape index (κ3) is 2.30. The van der Waals surface area contributed by atoms with Gasteiger partial charge in [-0.1, -0.05) is 5.92 Å². The molecule has 0 atom stereocenters. The summed E-state index contributed by atoms with van der Waals surface area (Å²) in [5, 5.41) is 0. The summed E-state index contributed by atoms with van der Waals surface area (Å²) in [6, 6.07) is 5.76. The SMILES string of the molecule is C#Cc1cc(OCC2CC2)ccc1Br. The molecular weight excluding hydrogens is 240 g/mol. The molecule has 1 aliphatic rings. The summed E-state index contributed by atoms with van der Waals surface area (Å²) in [6.07, 6.45) is 7.96. The standard InChI is InChI=1S/C12H11BrO/c1-2-10-7-11(5-6-12(10)13)14-8-9-3-4-9/h1,5-7,9H,3-4,8H2. The van der Waals surface area contributed by atoms with Crippen LogP contribution in [0.3, 0.4) is 0 Å². The number of benzene rings is 1. The predicted octanol–water partition coefficient (Wildman–Crippen LogP) is 3.22. The van der Waals surface area contributed by atoms with Gasteiger partial charge >= 0.3 is 0 Å². The van der Waals surface area contributed by atoms with Crippen LogP contribution in [0, 0.1) is 18.3 Å². The third-order valence-electron chi connectivity index (χ3n) is 2.28. The fourth-order valence-electron chi connectivity index (χ4n) is 1.20. The van der Waals surface area contributed by atoms with Gasteiger partial charge in [-0.3, -0.25) is 0 Å². The van der Waals surface area contributed by atoms with Gasteiger partial charge in [0.1, 0.15) is 5.75 Å². The van der Waals surface area contributed by atoms with E-state index in [2.05, 4.69) is 21.9 Å². The molecule has 0 saturated heterocycles. The first-order valence-corrected chi connectivity index (χ1v) is 5.48. The number of halogens is 1. The Kier molecular flexibility index (Phi) is 2.79. The fraction of sp³-hybridized carbons (Fsp3) is 0.333. The van der Waals surface area contributed by atoms with Crippen molar-refractivity contribution >= 4 is 15.9 Å². The lowest BCUT2D eigenvalue weighted by molar-refractivity contribution is 0.299. The van der Waals surface area contributed by atoms with E-state index in [0.29, 0.717) is 0 Å². The molecule has 0 amide bonds. The minimum Gasteiger partial charge on any atom is -0.493 e. The van der Waals surface area contributed by atoms with E-state index in [1.807, 2.05) is 18.2 Å². The van der Waals surface area contributed by atoms with Crippen molar-refractivity contribution in [2.24, 2.45) is 5.92 Å². The van der Waals surface area contributed by atoms with Gasteiger partial charge in [0.05, 0.1) is 6.61 Å². The minimum absolute atomic E-state index is 0.771. The van der Waals surface area contributed by atoms with Crippen LogP contribution in [0.4, 0.5) is 0 Å². The highest BCUT2D eigenvalue weighted by Gasteiger charge is 2.21. The molecule has 1 fully saturated rings. The number of ether oxygens (including phenoxy) is 1. The minimum atomic E-state index is 0.771. The molecule has 0 aromatic heterocycles. The van der Waals surface area contributed by atoms with Gasteiger partial charge in [0.2, 0.25) is 0 Å². The Hall–Kier alpha value is -0.940. The first-order chi connectivity index (χ1) is 6.79. The summed E-state index contributed by atoms with van der Waals surface area (Å²) in [6.45, 7) is 0.825. The zero-order chi connectivity index (χ0) is 9.97. The summed E-state index contributed by atoms with van der Waals surface area (Å²) >= 11 is 3.38. The average molecular weight is 251 g/mol. The summed E-state index contributed by atoms with van der Waals surface area (Å²) in [5.74, 6) is 4.25. The number of hydrogen-bond donors (Lipinski definition) is 0. The highest BCUT2D eigenvalue weighted by Crippen LogP contribution is 2.30. The Morgan fingerprint density at radius 3 is 2.93 bits per heavy atom. The number of terminal acetylenes is 1. The molecule has 0 radical (unpaired) electrons. The van der Waals surface area contributed by atoms with Crippen LogP contribution in [-0.2, 0) is 0 Å². The quantitative estimate of drug-likeness (QED) is 0.749. The molecule has 0 N–H and O–H groups in total. The highest BCUT2D eigenvalue weighted by molar-refractivity contribution is 9.10. The van der Waals surface area contributed by atoms with Crippen LogP contribution in [0.1, 0.15) is 18.4 Å². The molecule has 2 heteroatoms. The molecular formula is C12H11BrO. The van der Waals surface area contributed by atoms with Gasteiger partial charge in [-0.25, -0.2) is 0 Å². The largest absolute Gasteiger partial charge is 0.493 e. The maximum Gasteiger partial charge on any atom is 0.120 e. The summed E-state index contributed by atoms with van der Waals surface area (Å²) in [4.78, 5) is 0. The van der Waals surface area contributed by atoms with Crippen molar-refractivity contribution in [3.8, 4) is 18.1 Å². The fourth-order valence-corrected chi connectivity index (χ4v) is 1.56. The van der Waals surface area contributed by atoms with Gasteiger partial charge in [0, 0.05) is 10.0 Å². The van der Waals surface area contributed by atoms with Gasteiger partial charge in [-0.2, -0.15) is 0 Å². The van der Waals surface area contributed by atoms with Crippen LogP contribution in [-0.4, -0.2) is 6.61 Å². The third-order valence-corrected chi connectivity index (χ3v) is 2.97. The van der Waals surface area contributed by atoms with Crippen molar-refractivity contribution in [3.05, 3.63) is 28.2 Å². The molecule has 1 nitrogen and oxygen atoms in total. The van der Waals surface area contributed by atoms with Gasteiger partial charge in [0.25, 0.3) is 0 Å². The maximum atomic E-state index is 5.61. The van der Waals surface area contributed by atoms with Crippen molar-refractivity contribution in [1.82, 2.24) is 0 Å². The van der Waals surface area contributed by atoms with Crippen LogP contribution >= 0.6 is 15.9 Å². The van der Waals surface area contributed by atoms with Crippen molar-refractivity contribution in [1.29, 1.82) is 0 Å². The average Bonchev–Trinajstić information content (AvgIpc) is 3.00. The zero-order valence-corrected chi connectivity index (χ0v) is 9.38. The molecule has 72 valence electrons. The second-order valence-electron chi connectivity index (χ2n) is 3.54. The van der Waals surface area contributed by atoms with Crippen molar-refractivity contribution in [2.75, 3.05) is 6.61 Å². The van der Waals surface area contributed by atoms with E-state index in [1.54, 1.807) is 0 Å². The summed E-state index contributed by atoms with van der Waals surface area (Å²) in [5.41, 5.74) is 0.846. The molecule has 1 saturated carbocycles. The summed E-state index contributed by atoms with van der Waals surface area (Å²) < 4.78 is 6.55. The Morgan fingerprint density at radius 2 is 2.29 bits per heavy atom. The van der Waals surface area contributed by atoms with E-state index in [1.165, 1.54) is 12.8 Å². The number of hydrogen-bond acceptors (Lipinski definition) is 1. The molecule has 0 heterocycles. The zero-order valence-electron chi connectivity index (χ0n) is 7.79. The Labute approximate surface area is 92.6 Å². The molecule has 0 bridgehead atoms. The van der Waals surface area contributed by atoms with Crippen molar-refractivity contribution in [3.63, 3.8) is 0 Å². The van der Waals surface area contributed by atoms with Crippen LogP contribution in [0.5, 0.6) is 5.75 Å². The molecule has 0 spiro atoms. The highest BCUT2D eigenvalue weighted by atomic mass is 79.9. The van der Waals surface area contributed by atoms with E-state index >= 15 is 0 Å². The molecule has 0 unspecified atom stereocenters. The van der Waals surface area contributed by atoms with E-state index in [-0.39, 0.29) is 0 Å². The first-order valence-electron chi connectivity index (χ1n) is 4.68. The smallest absolute Gasteiger partial charge is 0.120 e. The summed E-state index contributed by atoms with van der Waals surface area (Å²) in [7, 11) is 0. The Morgan fingerprint density at radius 1 is 1.50 bits per heavy atom. The second kappa shape index (κ2) is 4.06. The van der Waals surface area contributed by atoms with Crippen LogP contribution in [0.2, 0.25) is 0 Å². The lowest BCUT2D eigenvalue weighted by atomic mass is 10.2. The lowest BCUT2D eigenvalue weighted by Gasteiger charge is -2.06. The molecule has 1 aromatic carbocycles. The number of rotatable bonds is 3. The van der Waals surface area contributed by atoms with Crippen LogP contribution in [0.25, 0.3) is 0 Å². The van der Waals surface area contributed by atoms with E-state index in [4.69, 9.17) is 11.2 Å². The molecule has 0 aliphatic heterocycles. The van der Waals surface area contributed by atoms with Gasteiger partial charge in [0.15, 0.2) is 0 Å². The Bertz CT molecular complexity index is 374. The topological polar surface area (TPSA) is 9.23 Å². The van der Waals surface area contributed by atoms with Gasteiger partial charge < -0.3 is 4.74 Å². The lowest BCUT2D eigenvalue weighted by Crippen LogP contribution is -1.98. The van der Waals surface area contributed by atoms with Crippen molar-refractivity contribution < 1.29 is 4.74 Å². The predicted molar refractivity (Wildman–Crippen MR) is 60.3 cm³/mol. The van der Waals surface area contributed by atoms with Crippen molar-refractivity contribution in [2.45, 2.75) is 12.8 Å². The Balaban J connectivity index is 2.06. The normalized spacial score (nSPS) is 14.9.